The van der Waals surface area contributed by atoms with Crippen molar-refractivity contribution in [2.24, 2.45) is 11.1 Å². The Morgan fingerprint density at radius 3 is 2.50 bits per heavy atom. The van der Waals surface area contributed by atoms with Gasteiger partial charge in [0.1, 0.15) is 0 Å². The third-order valence-electron chi connectivity index (χ3n) is 3.40. The second-order valence-corrected chi connectivity index (χ2v) is 5.69. The highest BCUT2D eigenvalue weighted by molar-refractivity contribution is 6.03. The molecule has 0 saturated heterocycles. The Kier molecular flexibility index (Phi) is 3.30. The lowest BCUT2D eigenvalue weighted by molar-refractivity contribution is -0.117. The molecule has 0 unspecified atom stereocenters. The third-order valence-corrected chi connectivity index (χ3v) is 3.40. The number of para-hydroxylation sites is 2. The van der Waals surface area contributed by atoms with Gasteiger partial charge in [-0.2, -0.15) is 0 Å². The number of likely N-dealkylation sites (N-methyl/N-ethyl adjacent to an activating group) is 1. The number of hydrogen-bond donors (Lipinski definition) is 1. The summed E-state index contributed by atoms with van der Waals surface area (Å²) in [5.74, 6) is 0.137. The molecular weight excluding hydrogens is 226 g/mol. The zero-order chi connectivity index (χ0) is 13.3. The summed E-state index contributed by atoms with van der Waals surface area (Å²) in [6.07, 6.45) is 0. The number of hydrogen-bond acceptors (Lipinski definition) is 3. The molecule has 0 aromatic heterocycles. The molecule has 2 N–H and O–H groups in total. The van der Waals surface area contributed by atoms with Crippen molar-refractivity contribution in [1.82, 2.24) is 0 Å². The van der Waals surface area contributed by atoms with Gasteiger partial charge in [-0.3, -0.25) is 4.79 Å². The van der Waals surface area contributed by atoms with Crippen molar-refractivity contribution in [2.45, 2.75) is 13.8 Å². The van der Waals surface area contributed by atoms with Crippen molar-refractivity contribution < 1.29 is 4.79 Å². The van der Waals surface area contributed by atoms with E-state index in [-0.39, 0.29) is 11.3 Å². The molecule has 0 saturated carbocycles. The molecule has 0 spiro atoms. The minimum Gasteiger partial charge on any atom is -0.364 e. The maximum Gasteiger partial charge on any atom is 0.246 e. The number of carbonyl (C=O) groups excluding carboxylic acids is 1. The van der Waals surface area contributed by atoms with E-state index in [1.807, 2.05) is 41.1 Å². The van der Waals surface area contributed by atoms with Gasteiger partial charge in [-0.25, -0.2) is 0 Å². The van der Waals surface area contributed by atoms with Crippen molar-refractivity contribution in [1.29, 1.82) is 0 Å². The molecule has 1 aliphatic heterocycles. The molecule has 0 bridgehead atoms. The number of amides is 1. The molecule has 4 nitrogen and oxygen atoms in total. The summed E-state index contributed by atoms with van der Waals surface area (Å²) in [6.45, 7) is 5.82. The second kappa shape index (κ2) is 4.61. The first-order chi connectivity index (χ1) is 8.44. The predicted octanol–water partition coefficient (Wildman–Crippen LogP) is 1.45. The van der Waals surface area contributed by atoms with Gasteiger partial charge in [-0.05, 0) is 24.1 Å². The number of fused-ring (bicyclic) bond motifs is 1. The molecule has 1 aromatic rings. The van der Waals surface area contributed by atoms with Gasteiger partial charge in [-0.1, -0.05) is 26.0 Å². The van der Waals surface area contributed by atoms with Crippen molar-refractivity contribution in [3.63, 3.8) is 0 Å². The zero-order valence-corrected chi connectivity index (χ0v) is 11.3. The maximum absolute atomic E-state index is 12.2. The highest BCUT2D eigenvalue weighted by Crippen LogP contribution is 2.34. The molecule has 1 amide bonds. The van der Waals surface area contributed by atoms with Gasteiger partial charge in [0.15, 0.2) is 0 Å². The molecular formula is C14H21N3O. The molecule has 1 heterocycles. The van der Waals surface area contributed by atoms with Gasteiger partial charge in [-0.15, -0.1) is 0 Å². The highest BCUT2D eigenvalue weighted by Gasteiger charge is 2.31. The van der Waals surface area contributed by atoms with Crippen LogP contribution in [0.2, 0.25) is 0 Å². The summed E-state index contributed by atoms with van der Waals surface area (Å²) in [7, 11) is 1.95. The van der Waals surface area contributed by atoms with E-state index in [2.05, 4.69) is 13.8 Å². The number of carbonyl (C=O) groups is 1. The smallest absolute Gasteiger partial charge is 0.246 e. The molecule has 0 fully saturated rings. The van der Waals surface area contributed by atoms with Crippen LogP contribution < -0.4 is 15.5 Å². The SMILES string of the molecule is CN1CC(=O)N(CC(C)(C)CN)c2ccccc21. The molecule has 0 aliphatic carbocycles. The standard InChI is InChI=1S/C14H21N3O/c1-14(2,9-15)10-17-12-7-5-4-6-11(12)16(3)8-13(17)18/h4-7H,8-10,15H2,1-3H3. The topological polar surface area (TPSA) is 49.6 Å². The van der Waals surface area contributed by atoms with Crippen LogP contribution >= 0.6 is 0 Å². The molecule has 0 atom stereocenters. The summed E-state index contributed by atoms with van der Waals surface area (Å²) in [6, 6.07) is 8.00. The largest absolute Gasteiger partial charge is 0.364 e. The number of nitrogens with zero attached hydrogens (tertiary/aromatic N) is 2. The quantitative estimate of drug-likeness (QED) is 0.879. The number of benzene rings is 1. The average Bonchev–Trinajstić information content (AvgIpc) is 2.34. The van der Waals surface area contributed by atoms with Crippen molar-refractivity contribution >= 4 is 17.3 Å². The van der Waals surface area contributed by atoms with Crippen LogP contribution in [0.5, 0.6) is 0 Å². The molecule has 1 aliphatic rings. The Morgan fingerprint density at radius 2 is 1.89 bits per heavy atom. The van der Waals surface area contributed by atoms with Gasteiger partial charge in [0.2, 0.25) is 5.91 Å². The van der Waals surface area contributed by atoms with Gasteiger partial charge >= 0.3 is 0 Å². The minimum atomic E-state index is -0.0708. The molecule has 2 rings (SSSR count). The first kappa shape index (κ1) is 12.9. The lowest BCUT2D eigenvalue weighted by Gasteiger charge is -2.39. The number of anilines is 2. The van der Waals surface area contributed by atoms with Crippen LogP contribution in [0.4, 0.5) is 11.4 Å². The third kappa shape index (κ3) is 2.34. The summed E-state index contributed by atoms with van der Waals surface area (Å²) in [4.78, 5) is 16.1. The van der Waals surface area contributed by atoms with Crippen LogP contribution in [0.3, 0.4) is 0 Å². The Bertz CT molecular complexity index is 456. The molecule has 0 radical (unpaired) electrons. The van der Waals surface area contributed by atoms with E-state index in [0.29, 0.717) is 19.6 Å². The van der Waals surface area contributed by atoms with Crippen LogP contribution in [0, 0.1) is 5.41 Å². The lowest BCUT2D eigenvalue weighted by Crippen LogP contribution is -2.49. The fraction of sp³-hybridized carbons (Fsp3) is 0.500. The van der Waals surface area contributed by atoms with Gasteiger partial charge in [0.05, 0.1) is 17.9 Å². The Balaban J connectivity index is 2.36. The van der Waals surface area contributed by atoms with Crippen LogP contribution in [0.1, 0.15) is 13.8 Å². The van der Waals surface area contributed by atoms with E-state index in [1.54, 1.807) is 0 Å². The summed E-state index contributed by atoms with van der Waals surface area (Å²) in [5.41, 5.74) is 7.78. The fourth-order valence-electron chi connectivity index (χ4n) is 2.19. The van der Waals surface area contributed by atoms with E-state index >= 15 is 0 Å². The number of nitrogens with two attached hydrogens (primary N) is 1. The van der Waals surface area contributed by atoms with Crippen LogP contribution in [-0.2, 0) is 4.79 Å². The zero-order valence-electron chi connectivity index (χ0n) is 11.3. The van der Waals surface area contributed by atoms with Gasteiger partial charge < -0.3 is 15.5 Å². The van der Waals surface area contributed by atoms with Gasteiger partial charge in [0, 0.05) is 13.6 Å². The number of rotatable bonds is 3. The van der Waals surface area contributed by atoms with Crippen molar-refractivity contribution in [3.8, 4) is 0 Å². The first-order valence-corrected chi connectivity index (χ1v) is 6.25. The molecule has 18 heavy (non-hydrogen) atoms. The van der Waals surface area contributed by atoms with Crippen molar-refractivity contribution in [2.75, 3.05) is 36.5 Å². The van der Waals surface area contributed by atoms with Crippen molar-refractivity contribution in [3.05, 3.63) is 24.3 Å². The average molecular weight is 247 g/mol. The van der Waals surface area contributed by atoms with E-state index in [1.165, 1.54) is 0 Å². The Morgan fingerprint density at radius 1 is 1.28 bits per heavy atom. The summed E-state index contributed by atoms with van der Waals surface area (Å²) >= 11 is 0. The van der Waals surface area contributed by atoms with E-state index in [9.17, 15) is 4.79 Å². The van der Waals surface area contributed by atoms with E-state index in [0.717, 1.165) is 11.4 Å². The monoisotopic (exact) mass is 247 g/mol. The second-order valence-electron chi connectivity index (χ2n) is 5.69. The normalized spacial score (nSPS) is 15.9. The van der Waals surface area contributed by atoms with Crippen LogP contribution in [0.15, 0.2) is 24.3 Å². The summed E-state index contributed by atoms with van der Waals surface area (Å²) < 4.78 is 0. The summed E-state index contributed by atoms with van der Waals surface area (Å²) in [5, 5.41) is 0. The Hall–Kier alpha value is -1.55. The van der Waals surface area contributed by atoms with E-state index < -0.39 is 0 Å². The fourth-order valence-corrected chi connectivity index (χ4v) is 2.19. The highest BCUT2D eigenvalue weighted by atomic mass is 16.2. The minimum absolute atomic E-state index is 0.0708. The predicted molar refractivity (Wildman–Crippen MR) is 74.9 cm³/mol. The lowest BCUT2D eigenvalue weighted by atomic mass is 9.92. The van der Waals surface area contributed by atoms with Gasteiger partial charge in [0.25, 0.3) is 0 Å². The van der Waals surface area contributed by atoms with E-state index in [4.69, 9.17) is 5.73 Å². The Labute approximate surface area is 108 Å². The first-order valence-electron chi connectivity index (χ1n) is 6.25. The molecule has 98 valence electrons. The molecule has 1 aromatic carbocycles. The maximum atomic E-state index is 12.2. The van der Waals surface area contributed by atoms with Crippen LogP contribution in [-0.4, -0.2) is 32.6 Å². The molecule has 4 heteroatoms. The van der Waals surface area contributed by atoms with Crippen LogP contribution in [0.25, 0.3) is 0 Å².